The molecule has 0 bridgehead atoms. The molecule has 1 atom stereocenters. The monoisotopic (exact) mass is 432 g/mol. The Morgan fingerprint density at radius 2 is 1.56 bits per heavy atom. The van der Waals surface area contributed by atoms with Gasteiger partial charge in [0.1, 0.15) is 6.04 Å². The predicted octanol–water partition coefficient (Wildman–Crippen LogP) is 4.32. The number of nitrogens with one attached hydrogen (secondary N) is 2. The van der Waals surface area contributed by atoms with Gasteiger partial charge >= 0.3 is 0 Å². The second-order valence-corrected chi connectivity index (χ2v) is 8.21. The third-order valence-corrected chi connectivity index (χ3v) is 5.21. The summed E-state index contributed by atoms with van der Waals surface area (Å²) >= 11 is 0. The Hall–Kier alpha value is -3.74. The molecule has 0 aliphatic rings. The van der Waals surface area contributed by atoms with Crippen LogP contribution in [0.1, 0.15) is 37.9 Å². The number of benzene rings is 2. The molecule has 2 amide bonds. The number of aryl methyl sites for hydroxylation is 2. The maximum absolute atomic E-state index is 12.7. The van der Waals surface area contributed by atoms with Gasteiger partial charge in [-0.2, -0.15) is 5.10 Å². The van der Waals surface area contributed by atoms with E-state index in [1.54, 1.807) is 13.0 Å². The van der Waals surface area contributed by atoms with E-state index in [9.17, 15) is 14.4 Å². The zero-order chi connectivity index (χ0) is 23.4. The van der Waals surface area contributed by atoms with Gasteiger partial charge in [-0.25, -0.2) is 4.68 Å². The van der Waals surface area contributed by atoms with Gasteiger partial charge in [-0.05, 0) is 50.6 Å². The quantitative estimate of drug-likeness (QED) is 0.607. The molecule has 0 fully saturated rings. The minimum Gasteiger partial charge on any atom is -0.326 e. The average molecular weight is 433 g/mol. The van der Waals surface area contributed by atoms with Crippen LogP contribution in [0, 0.1) is 19.8 Å². The van der Waals surface area contributed by atoms with Gasteiger partial charge in [0.25, 0.3) is 5.56 Å². The van der Waals surface area contributed by atoms with Gasteiger partial charge < -0.3 is 10.6 Å². The second kappa shape index (κ2) is 9.60. The highest BCUT2D eigenvalue weighted by atomic mass is 16.2. The SMILES string of the molecule is Cc1ccc(NC(=O)[C@H](C)n2nc(-c3ccc(C)c(NC(=O)C(C)C)c3)ccc2=O)cc1. The Labute approximate surface area is 187 Å². The van der Waals surface area contributed by atoms with Crippen LogP contribution in [-0.4, -0.2) is 21.6 Å². The summed E-state index contributed by atoms with van der Waals surface area (Å²) in [6.45, 7) is 9.16. The van der Waals surface area contributed by atoms with Gasteiger partial charge in [-0.1, -0.05) is 43.7 Å². The number of amides is 2. The maximum Gasteiger partial charge on any atom is 0.267 e. The third-order valence-electron chi connectivity index (χ3n) is 5.21. The van der Waals surface area contributed by atoms with E-state index in [1.807, 2.05) is 70.2 Å². The van der Waals surface area contributed by atoms with Gasteiger partial charge in [0.05, 0.1) is 5.69 Å². The normalized spacial score (nSPS) is 11.8. The van der Waals surface area contributed by atoms with Gasteiger partial charge in [-0.3, -0.25) is 14.4 Å². The Bertz CT molecular complexity index is 1200. The Balaban J connectivity index is 1.88. The first-order valence-electron chi connectivity index (χ1n) is 10.5. The van der Waals surface area contributed by atoms with Crippen LogP contribution in [0.5, 0.6) is 0 Å². The zero-order valence-electron chi connectivity index (χ0n) is 19.0. The zero-order valence-corrected chi connectivity index (χ0v) is 19.0. The first kappa shape index (κ1) is 22.9. The molecule has 0 saturated heterocycles. The van der Waals surface area contributed by atoms with E-state index in [4.69, 9.17) is 0 Å². The van der Waals surface area contributed by atoms with Crippen molar-refractivity contribution >= 4 is 23.2 Å². The van der Waals surface area contributed by atoms with E-state index in [1.165, 1.54) is 10.7 Å². The van der Waals surface area contributed by atoms with E-state index in [0.717, 1.165) is 16.7 Å². The molecule has 0 unspecified atom stereocenters. The van der Waals surface area contributed by atoms with Crippen LogP contribution in [0.4, 0.5) is 11.4 Å². The molecule has 3 rings (SSSR count). The molecule has 1 heterocycles. The fourth-order valence-corrected chi connectivity index (χ4v) is 3.04. The van der Waals surface area contributed by atoms with Crippen molar-refractivity contribution in [2.45, 2.75) is 40.7 Å². The highest BCUT2D eigenvalue weighted by Crippen LogP contribution is 2.24. The van der Waals surface area contributed by atoms with Crippen molar-refractivity contribution in [1.29, 1.82) is 0 Å². The van der Waals surface area contributed by atoms with Crippen molar-refractivity contribution in [3.05, 3.63) is 76.1 Å². The lowest BCUT2D eigenvalue weighted by molar-refractivity contribution is -0.119. The molecule has 7 nitrogen and oxygen atoms in total. The number of nitrogens with zero attached hydrogens (tertiary/aromatic N) is 2. The standard InChI is InChI=1S/C25H28N4O3/c1-15(2)24(31)27-22-14-19(9-8-17(22)4)21-12-13-23(30)29(28-21)18(5)25(32)26-20-10-6-16(3)7-11-20/h6-15,18H,1-5H3,(H,26,32)(H,27,31)/t18-/m0/s1. The van der Waals surface area contributed by atoms with Gasteiger partial charge in [0, 0.05) is 28.9 Å². The smallest absolute Gasteiger partial charge is 0.267 e. The van der Waals surface area contributed by atoms with E-state index in [0.29, 0.717) is 17.1 Å². The summed E-state index contributed by atoms with van der Waals surface area (Å²) in [6, 6.07) is 15.2. The molecule has 166 valence electrons. The van der Waals surface area contributed by atoms with Crippen molar-refractivity contribution < 1.29 is 9.59 Å². The van der Waals surface area contributed by atoms with Gasteiger partial charge in [0.2, 0.25) is 11.8 Å². The average Bonchev–Trinajstić information content (AvgIpc) is 2.76. The predicted molar refractivity (Wildman–Crippen MR) is 127 cm³/mol. The first-order chi connectivity index (χ1) is 15.2. The van der Waals surface area contributed by atoms with Crippen molar-refractivity contribution in [2.75, 3.05) is 10.6 Å². The van der Waals surface area contributed by atoms with Crippen LogP contribution >= 0.6 is 0 Å². The molecule has 32 heavy (non-hydrogen) atoms. The summed E-state index contributed by atoms with van der Waals surface area (Å²) in [5.41, 5.74) is 4.23. The van der Waals surface area contributed by atoms with Crippen LogP contribution in [0.15, 0.2) is 59.4 Å². The van der Waals surface area contributed by atoms with E-state index < -0.39 is 6.04 Å². The van der Waals surface area contributed by atoms with Crippen molar-refractivity contribution in [1.82, 2.24) is 9.78 Å². The molecule has 0 radical (unpaired) electrons. The minimum absolute atomic E-state index is 0.0791. The number of hydrogen-bond acceptors (Lipinski definition) is 4. The van der Waals surface area contributed by atoms with E-state index >= 15 is 0 Å². The van der Waals surface area contributed by atoms with Crippen LogP contribution in [0.2, 0.25) is 0 Å². The Morgan fingerprint density at radius 1 is 0.875 bits per heavy atom. The van der Waals surface area contributed by atoms with E-state index in [2.05, 4.69) is 15.7 Å². The summed E-state index contributed by atoms with van der Waals surface area (Å²) < 4.78 is 1.17. The molecule has 1 aromatic heterocycles. The Morgan fingerprint density at radius 3 is 2.22 bits per heavy atom. The summed E-state index contributed by atoms with van der Waals surface area (Å²) in [4.78, 5) is 37.3. The molecule has 2 N–H and O–H groups in total. The van der Waals surface area contributed by atoms with Gasteiger partial charge in [0.15, 0.2) is 0 Å². The summed E-state index contributed by atoms with van der Waals surface area (Å²) in [7, 11) is 0. The van der Waals surface area contributed by atoms with Crippen molar-refractivity contribution in [3.63, 3.8) is 0 Å². The number of carbonyl (C=O) groups excluding carboxylic acids is 2. The molecular weight excluding hydrogens is 404 g/mol. The number of rotatable bonds is 6. The second-order valence-electron chi connectivity index (χ2n) is 8.21. The largest absolute Gasteiger partial charge is 0.326 e. The fourth-order valence-electron chi connectivity index (χ4n) is 3.04. The number of anilines is 2. The lowest BCUT2D eigenvalue weighted by Crippen LogP contribution is -2.33. The van der Waals surface area contributed by atoms with Crippen molar-refractivity contribution in [2.24, 2.45) is 5.92 Å². The first-order valence-corrected chi connectivity index (χ1v) is 10.5. The molecule has 7 heteroatoms. The van der Waals surface area contributed by atoms with Crippen LogP contribution in [0.3, 0.4) is 0 Å². The van der Waals surface area contributed by atoms with Crippen LogP contribution in [-0.2, 0) is 9.59 Å². The topological polar surface area (TPSA) is 93.1 Å². The molecular formula is C25H28N4O3. The summed E-state index contributed by atoms with van der Waals surface area (Å²) in [6.07, 6.45) is 0. The van der Waals surface area contributed by atoms with Crippen molar-refractivity contribution in [3.8, 4) is 11.3 Å². The van der Waals surface area contributed by atoms with E-state index in [-0.39, 0.29) is 23.3 Å². The maximum atomic E-state index is 12.7. The summed E-state index contributed by atoms with van der Waals surface area (Å²) in [5, 5.41) is 10.2. The third kappa shape index (κ3) is 5.29. The lowest BCUT2D eigenvalue weighted by atomic mass is 10.1. The highest BCUT2D eigenvalue weighted by Gasteiger charge is 2.19. The minimum atomic E-state index is -0.811. The van der Waals surface area contributed by atoms with Gasteiger partial charge in [-0.15, -0.1) is 0 Å². The number of aromatic nitrogens is 2. The fraction of sp³-hybridized carbons (Fsp3) is 0.280. The molecule has 0 aliphatic heterocycles. The molecule has 0 spiro atoms. The summed E-state index contributed by atoms with van der Waals surface area (Å²) in [5.74, 6) is -0.565. The Kier molecular flexibility index (Phi) is 6.88. The number of carbonyl (C=O) groups is 2. The number of hydrogen-bond donors (Lipinski definition) is 2. The highest BCUT2D eigenvalue weighted by molar-refractivity contribution is 5.94. The van der Waals surface area contributed by atoms with Crippen LogP contribution < -0.4 is 16.2 Å². The van der Waals surface area contributed by atoms with Crippen LogP contribution in [0.25, 0.3) is 11.3 Å². The molecule has 0 aliphatic carbocycles. The molecule has 2 aromatic carbocycles. The molecule has 0 saturated carbocycles. The lowest BCUT2D eigenvalue weighted by Gasteiger charge is -2.16. The molecule has 3 aromatic rings.